The molecular formula is C14H10Cl4. The van der Waals surface area contributed by atoms with Gasteiger partial charge in [-0.1, -0.05) is 52.5 Å². The van der Waals surface area contributed by atoms with Crippen LogP contribution >= 0.6 is 46.4 Å². The average Bonchev–Trinajstić information content (AvgIpc) is 2.31. The summed E-state index contributed by atoms with van der Waals surface area (Å²) in [4.78, 5) is 0. The fraction of sp³-hybridized carbons (Fsp3) is 0.143. The topological polar surface area (TPSA) is 0 Å². The van der Waals surface area contributed by atoms with Crippen LogP contribution in [0.2, 0.25) is 20.1 Å². The predicted molar refractivity (Wildman–Crippen MR) is 80.5 cm³/mol. The third-order valence-electron chi connectivity index (χ3n) is 2.73. The van der Waals surface area contributed by atoms with Gasteiger partial charge in [-0.05, 0) is 54.3 Å². The lowest BCUT2D eigenvalue weighted by Crippen LogP contribution is -1.90. The van der Waals surface area contributed by atoms with Crippen LogP contribution in [0.5, 0.6) is 0 Å². The van der Waals surface area contributed by atoms with E-state index in [1.807, 2.05) is 31.2 Å². The normalized spacial score (nSPS) is 10.7. The van der Waals surface area contributed by atoms with Crippen LogP contribution in [0.4, 0.5) is 0 Å². The van der Waals surface area contributed by atoms with Crippen molar-refractivity contribution in [3.8, 4) is 0 Å². The van der Waals surface area contributed by atoms with Crippen molar-refractivity contribution in [2.75, 3.05) is 0 Å². The van der Waals surface area contributed by atoms with Crippen molar-refractivity contribution >= 4 is 46.4 Å². The highest BCUT2D eigenvalue weighted by atomic mass is 35.5. The van der Waals surface area contributed by atoms with Crippen molar-refractivity contribution in [2.45, 2.75) is 13.3 Å². The van der Waals surface area contributed by atoms with Gasteiger partial charge in [-0.15, -0.1) is 0 Å². The summed E-state index contributed by atoms with van der Waals surface area (Å²) < 4.78 is 0. The van der Waals surface area contributed by atoms with Crippen molar-refractivity contribution in [3.63, 3.8) is 0 Å². The fourth-order valence-corrected chi connectivity index (χ4v) is 2.54. The van der Waals surface area contributed by atoms with Crippen molar-refractivity contribution in [2.24, 2.45) is 0 Å². The number of rotatable bonds is 2. The van der Waals surface area contributed by atoms with Crippen LogP contribution in [-0.4, -0.2) is 0 Å². The zero-order valence-corrected chi connectivity index (χ0v) is 12.6. The average molecular weight is 320 g/mol. The van der Waals surface area contributed by atoms with E-state index in [-0.39, 0.29) is 0 Å². The molecule has 2 aromatic rings. The molecule has 0 aromatic heterocycles. The molecule has 0 aliphatic heterocycles. The molecule has 2 aromatic carbocycles. The summed E-state index contributed by atoms with van der Waals surface area (Å²) in [5.41, 5.74) is 3.02. The Labute approximate surface area is 126 Å². The summed E-state index contributed by atoms with van der Waals surface area (Å²) in [6, 6.07) is 9.43. The molecule has 0 aliphatic carbocycles. The quantitative estimate of drug-likeness (QED) is 0.618. The first kappa shape index (κ1) is 14.0. The molecular weight excluding hydrogens is 310 g/mol. The summed E-state index contributed by atoms with van der Waals surface area (Å²) in [5, 5.41) is 2.47. The molecule has 0 amide bonds. The van der Waals surface area contributed by atoms with E-state index in [2.05, 4.69) is 0 Å². The van der Waals surface area contributed by atoms with Crippen LogP contribution < -0.4 is 0 Å². The van der Waals surface area contributed by atoms with E-state index in [1.165, 1.54) is 0 Å². The molecule has 0 heterocycles. The van der Waals surface area contributed by atoms with Crippen molar-refractivity contribution in [1.29, 1.82) is 0 Å². The summed E-state index contributed by atoms with van der Waals surface area (Å²) in [6.07, 6.45) is 0.719. The number of hydrogen-bond donors (Lipinski definition) is 0. The second kappa shape index (κ2) is 5.71. The molecule has 0 unspecified atom stereocenters. The first-order valence-corrected chi connectivity index (χ1v) is 6.87. The Morgan fingerprint density at radius 2 is 1.28 bits per heavy atom. The van der Waals surface area contributed by atoms with E-state index in [0.29, 0.717) is 20.1 Å². The second-order valence-electron chi connectivity index (χ2n) is 4.11. The third kappa shape index (κ3) is 3.13. The van der Waals surface area contributed by atoms with Crippen LogP contribution in [0.25, 0.3) is 0 Å². The first-order valence-electron chi connectivity index (χ1n) is 5.36. The lowest BCUT2D eigenvalue weighted by molar-refractivity contribution is 1.19. The summed E-state index contributed by atoms with van der Waals surface area (Å²) in [7, 11) is 0. The molecule has 0 saturated carbocycles. The molecule has 0 aliphatic rings. The smallest absolute Gasteiger partial charge is 0.0595 e. The maximum Gasteiger partial charge on any atom is 0.0595 e. The Morgan fingerprint density at radius 1 is 0.722 bits per heavy atom. The molecule has 2 rings (SSSR count). The van der Waals surface area contributed by atoms with Crippen molar-refractivity contribution < 1.29 is 0 Å². The van der Waals surface area contributed by atoms with Crippen molar-refractivity contribution in [3.05, 3.63) is 67.1 Å². The Hall–Kier alpha value is -0.400. The van der Waals surface area contributed by atoms with E-state index in [1.54, 1.807) is 6.07 Å². The van der Waals surface area contributed by atoms with Crippen LogP contribution in [-0.2, 0) is 6.42 Å². The first-order chi connectivity index (χ1) is 8.47. The SMILES string of the molecule is Cc1c(Cl)cc(Cc2ccc(Cl)c(Cl)c2)cc1Cl. The summed E-state index contributed by atoms with van der Waals surface area (Å²) >= 11 is 24.1. The molecule has 0 nitrogen and oxygen atoms in total. The van der Waals surface area contributed by atoms with Crippen LogP contribution in [0.1, 0.15) is 16.7 Å². The molecule has 18 heavy (non-hydrogen) atoms. The van der Waals surface area contributed by atoms with Gasteiger partial charge in [0.05, 0.1) is 10.0 Å². The van der Waals surface area contributed by atoms with E-state index in [9.17, 15) is 0 Å². The van der Waals surface area contributed by atoms with Crippen molar-refractivity contribution in [1.82, 2.24) is 0 Å². The zero-order valence-electron chi connectivity index (χ0n) is 9.61. The van der Waals surface area contributed by atoms with Gasteiger partial charge in [-0.25, -0.2) is 0 Å². The molecule has 0 radical (unpaired) electrons. The standard InChI is InChI=1S/C14H10Cl4/c1-8-12(16)6-10(7-13(8)17)4-9-2-3-11(15)14(18)5-9/h2-3,5-7H,4H2,1H3. The summed E-state index contributed by atoms with van der Waals surface area (Å²) in [6.45, 7) is 1.90. The predicted octanol–water partition coefficient (Wildman–Crippen LogP) is 6.20. The Morgan fingerprint density at radius 3 is 1.83 bits per heavy atom. The van der Waals surface area contributed by atoms with Gasteiger partial charge in [0.25, 0.3) is 0 Å². The molecule has 0 spiro atoms. The van der Waals surface area contributed by atoms with E-state index in [4.69, 9.17) is 46.4 Å². The van der Waals surface area contributed by atoms with E-state index in [0.717, 1.165) is 23.1 Å². The van der Waals surface area contributed by atoms with Gasteiger partial charge >= 0.3 is 0 Å². The fourth-order valence-electron chi connectivity index (χ4n) is 1.69. The molecule has 0 saturated heterocycles. The lowest BCUT2D eigenvalue weighted by Gasteiger charge is -2.07. The molecule has 0 atom stereocenters. The minimum atomic E-state index is 0.554. The lowest BCUT2D eigenvalue weighted by atomic mass is 10.0. The van der Waals surface area contributed by atoms with Gasteiger partial charge in [0.15, 0.2) is 0 Å². The van der Waals surface area contributed by atoms with Gasteiger partial charge in [0.2, 0.25) is 0 Å². The third-order valence-corrected chi connectivity index (χ3v) is 4.26. The van der Waals surface area contributed by atoms with Crippen LogP contribution in [0.15, 0.2) is 30.3 Å². The van der Waals surface area contributed by atoms with Gasteiger partial charge < -0.3 is 0 Å². The Balaban J connectivity index is 2.31. The van der Waals surface area contributed by atoms with Crippen LogP contribution in [0, 0.1) is 6.92 Å². The van der Waals surface area contributed by atoms with E-state index >= 15 is 0 Å². The Bertz CT molecular complexity index is 567. The molecule has 0 N–H and O–H groups in total. The maximum absolute atomic E-state index is 6.11. The van der Waals surface area contributed by atoms with Gasteiger partial charge in [-0.3, -0.25) is 0 Å². The highest BCUT2D eigenvalue weighted by molar-refractivity contribution is 6.42. The maximum atomic E-state index is 6.11. The molecule has 4 heteroatoms. The number of hydrogen-bond acceptors (Lipinski definition) is 0. The highest BCUT2D eigenvalue weighted by Crippen LogP contribution is 2.28. The van der Waals surface area contributed by atoms with Gasteiger partial charge in [-0.2, -0.15) is 0 Å². The minimum absolute atomic E-state index is 0.554. The monoisotopic (exact) mass is 318 g/mol. The van der Waals surface area contributed by atoms with Crippen LogP contribution in [0.3, 0.4) is 0 Å². The zero-order chi connectivity index (χ0) is 13.3. The molecule has 0 bridgehead atoms. The second-order valence-corrected chi connectivity index (χ2v) is 5.74. The number of benzene rings is 2. The molecule has 94 valence electrons. The minimum Gasteiger partial charge on any atom is -0.0840 e. The Kier molecular flexibility index (Phi) is 4.45. The highest BCUT2D eigenvalue weighted by Gasteiger charge is 2.06. The van der Waals surface area contributed by atoms with Gasteiger partial charge in [0.1, 0.15) is 0 Å². The largest absolute Gasteiger partial charge is 0.0840 e. The van der Waals surface area contributed by atoms with E-state index < -0.39 is 0 Å². The van der Waals surface area contributed by atoms with Gasteiger partial charge in [0, 0.05) is 10.0 Å². The molecule has 0 fully saturated rings. The number of halogens is 4. The summed E-state index contributed by atoms with van der Waals surface area (Å²) in [5.74, 6) is 0.